The number of hydrogen-bond acceptors (Lipinski definition) is 3. The van der Waals surface area contributed by atoms with Gasteiger partial charge < -0.3 is 10.6 Å². The maximum atomic E-state index is 12.2. The van der Waals surface area contributed by atoms with Crippen molar-refractivity contribution in [2.24, 2.45) is 11.7 Å². The maximum Gasteiger partial charge on any atom is 0.272 e. The van der Waals surface area contributed by atoms with Gasteiger partial charge in [0.15, 0.2) is 0 Å². The molecule has 2 N–H and O–H groups in total. The lowest BCUT2D eigenvalue weighted by Crippen LogP contribution is -2.40. The molecule has 0 aliphatic rings. The Hall–Kier alpha value is -1.43. The first-order chi connectivity index (χ1) is 8.40. The molecule has 1 rings (SSSR count). The highest BCUT2D eigenvalue weighted by atomic mass is 79.9. The fraction of sp³-hybridized carbons (Fsp3) is 0.417. The molecule has 0 saturated heterocycles. The summed E-state index contributed by atoms with van der Waals surface area (Å²) in [6.45, 7) is 4.32. The molecule has 0 unspecified atom stereocenters. The summed E-state index contributed by atoms with van der Waals surface area (Å²) in [4.78, 5) is 28.6. The zero-order chi connectivity index (χ0) is 13.7. The van der Waals surface area contributed by atoms with Crippen LogP contribution in [0, 0.1) is 5.92 Å². The second-order valence-electron chi connectivity index (χ2n) is 4.41. The van der Waals surface area contributed by atoms with E-state index in [4.69, 9.17) is 5.73 Å². The van der Waals surface area contributed by atoms with Gasteiger partial charge in [0, 0.05) is 17.2 Å². The molecule has 0 radical (unpaired) electrons. The van der Waals surface area contributed by atoms with Crippen molar-refractivity contribution in [3.05, 3.63) is 28.5 Å². The van der Waals surface area contributed by atoms with Gasteiger partial charge in [0.2, 0.25) is 5.91 Å². The summed E-state index contributed by atoms with van der Waals surface area (Å²) in [5.74, 6) is -0.556. The van der Waals surface area contributed by atoms with E-state index >= 15 is 0 Å². The summed E-state index contributed by atoms with van der Waals surface area (Å²) in [7, 11) is 0. The molecule has 5 nitrogen and oxygen atoms in total. The topological polar surface area (TPSA) is 76.3 Å². The first-order valence-electron chi connectivity index (χ1n) is 5.59. The fourth-order valence-electron chi connectivity index (χ4n) is 1.51. The molecule has 0 atom stereocenters. The van der Waals surface area contributed by atoms with Crippen molar-refractivity contribution in [1.29, 1.82) is 0 Å². The minimum absolute atomic E-state index is 0.0885. The Balaban J connectivity index is 2.87. The lowest BCUT2D eigenvalue weighted by Gasteiger charge is -2.22. The Morgan fingerprint density at radius 1 is 1.44 bits per heavy atom. The number of halogens is 1. The van der Waals surface area contributed by atoms with Crippen molar-refractivity contribution < 1.29 is 9.59 Å². The third-order valence-corrected chi connectivity index (χ3v) is 2.64. The first-order valence-corrected chi connectivity index (χ1v) is 6.38. The van der Waals surface area contributed by atoms with Gasteiger partial charge in [-0.15, -0.1) is 0 Å². The van der Waals surface area contributed by atoms with Gasteiger partial charge in [-0.1, -0.05) is 13.8 Å². The van der Waals surface area contributed by atoms with Crippen LogP contribution in [0.4, 0.5) is 0 Å². The molecule has 0 aliphatic carbocycles. The number of aromatic nitrogens is 1. The number of amides is 2. The van der Waals surface area contributed by atoms with Crippen molar-refractivity contribution in [3.8, 4) is 0 Å². The van der Waals surface area contributed by atoms with Gasteiger partial charge in [-0.05, 0) is 34.0 Å². The predicted octanol–water partition coefficient (Wildman–Crippen LogP) is 1.43. The van der Waals surface area contributed by atoms with E-state index in [0.29, 0.717) is 12.2 Å². The van der Waals surface area contributed by atoms with E-state index in [9.17, 15) is 9.59 Å². The Kier molecular flexibility index (Phi) is 5.27. The number of carbonyl (C=O) groups excluding carboxylic acids is 2. The molecular weight excluding hydrogens is 298 g/mol. The molecule has 6 heteroatoms. The molecule has 0 spiro atoms. The molecule has 0 aliphatic heterocycles. The molecule has 1 heterocycles. The van der Waals surface area contributed by atoms with Gasteiger partial charge in [0.1, 0.15) is 5.69 Å². The molecule has 1 aromatic heterocycles. The number of pyridine rings is 1. The molecule has 0 bridgehead atoms. The van der Waals surface area contributed by atoms with Crippen LogP contribution in [-0.4, -0.2) is 34.8 Å². The summed E-state index contributed by atoms with van der Waals surface area (Å²) in [5.41, 5.74) is 5.45. The molecule has 0 saturated carbocycles. The molecule has 0 aromatic carbocycles. The number of hydrogen-bond donors (Lipinski definition) is 1. The van der Waals surface area contributed by atoms with Crippen LogP contribution in [0.3, 0.4) is 0 Å². The van der Waals surface area contributed by atoms with E-state index in [-0.39, 0.29) is 18.4 Å². The first kappa shape index (κ1) is 14.6. The van der Waals surface area contributed by atoms with Crippen molar-refractivity contribution in [1.82, 2.24) is 9.88 Å². The number of primary amides is 1. The van der Waals surface area contributed by atoms with E-state index < -0.39 is 5.91 Å². The lowest BCUT2D eigenvalue weighted by atomic mass is 10.2. The SMILES string of the molecule is CC(C)CN(CC(N)=O)C(=O)c1ccc(Br)cn1. The van der Waals surface area contributed by atoms with Gasteiger partial charge in [0.25, 0.3) is 5.91 Å². The van der Waals surface area contributed by atoms with Gasteiger partial charge >= 0.3 is 0 Å². The third-order valence-electron chi connectivity index (χ3n) is 2.17. The van der Waals surface area contributed by atoms with Crippen LogP contribution >= 0.6 is 15.9 Å². The normalized spacial score (nSPS) is 10.4. The average molecular weight is 314 g/mol. The summed E-state index contributed by atoms with van der Waals surface area (Å²) < 4.78 is 0.796. The lowest BCUT2D eigenvalue weighted by molar-refractivity contribution is -0.118. The number of carbonyl (C=O) groups is 2. The number of rotatable bonds is 5. The highest BCUT2D eigenvalue weighted by Crippen LogP contribution is 2.10. The van der Waals surface area contributed by atoms with Crippen LogP contribution in [0.25, 0.3) is 0 Å². The Labute approximate surface area is 114 Å². The van der Waals surface area contributed by atoms with Crippen LogP contribution in [0.15, 0.2) is 22.8 Å². The summed E-state index contributed by atoms with van der Waals surface area (Å²) in [5, 5.41) is 0. The van der Waals surface area contributed by atoms with E-state index in [1.807, 2.05) is 13.8 Å². The Morgan fingerprint density at radius 3 is 2.56 bits per heavy atom. The van der Waals surface area contributed by atoms with E-state index in [1.165, 1.54) is 4.90 Å². The quantitative estimate of drug-likeness (QED) is 0.893. The van der Waals surface area contributed by atoms with Crippen molar-refractivity contribution in [2.45, 2.75) is 13.8 Å². The second kappa shape index (κ2) is 6.49. The minimum Gasteiger partial charge on any atom is -0.368 e. The smallest absolute Gasteiger partial charge is 0.272 e. The predicted molar refractivity (Wildman–Crippen MR) is 71.9 cm³/mol. The monoisotopic (exact) mass is 313 g/mol. The molecule has 18 heavy (non-hydrogen) atoms. The number of nitrogens with two attached hydrogens (primary N) is 1. The van der Waals surface area contributed by atoms with Crippen LogP contribution in [-0.2, 0) is 4.79 Å². The van der Waals surface area contributed by atoms with Crippen LogP contribution in [0.1, 0.15) is 24.3 Å². The molecule has 0 fully saturated rings. The second-order valence-corrected chi connectivity index (χ2v) is 5.32. The van der Waals surface area contributed by atoms with Gasteiger partial charge in [-0.3, -0.25) is 9.59 Å². The molecule has 2 amide bonds. The highest BCUT2D eigenvalue weighted by molar-refractivity contribution is 9.10. The highest BCUT2D eigenvalue weighted by Gasteiger charge is 2.19. The maximum absolute atomic E-state index is 12.2. The Bertz CT molecular complexity index is 431. The zero-order valence-electron chi connectivity index (χ0n) is 10.4. The van der Waals surface area contributed by atoms with Crippen molar-refractivity contribution in [3.63, 3.8) is 0 Å². The van der Waals surface area contributed by atoms with Gasteiger partial charge in [-0.25, -0.2) is 4.98 Å². The number of nitrogens with zero attached hydrogens (tertiary/aromatic N) is 2. The van der Waals surface area contributed by atoms with E-state index in [1.54, 1.807) is 18.3 Å². The fourth-order valence-corrected chi connectivity index (χ4v) is 1.75. The van der Waals surface area contributed by atoms with Gasteiger partial charge in [-0.2, -0.15) is 0 Å². The summed E-state index contributed by atoms with van der Waals surface area (Å²) >= 11 is 3.25. The van der Waals surface area contributed by atoms with Gasteiger partial charge in [0.05, 0.1) is 6.54 Å². The average Bonchev–Trinajstić information content (AvgIpc) is 2.27. The minimum atomic E-state index is -0.527. The largest absolute Gasteiger partial charge is 0.368 e. The Morgan fingerprint density at radius 2 is 2.11 bits per heavy atom. The molecular formula is C12H16BrN3O2. The van der Waals surface area contributed by atoms with Crippen molar-refractivity contribution in [2.75, 3.05) is 13.1 Å². The van der Waals surface area contributed by atoms with Crippen LogP contribution in [0.2, 0.25) is 0 Å². The molecule has 1 aromatic rings. The van der Waals surface area contributed by atoms with E-state index in [0.717, 1.165) is 4.47 Å². The van der Waals surface area contributed by atoms with Crippen LogP contribution in [0.5, 0.6) is 0 Å². The molecule has 98 valence electrons. The van der Waals surface area contributed by atoms with Crippen molar-refractivity contribution >= 4 is 27.7 Å². The zero-order valence-corrected chi connectivity index (χ0v) is 12.0. The summed E-state index contributed by atoms with van der Waals surface area (Å²) in [6.07, 6.45) is 1.55. The standard InChI is InChI=1S/C12H16BrN3O2/c1-8(2)6-16(7-11(14)17)12(18)10-4-3-9(13)5-15-10/h3-5,8H,6-7H2,1-2H3,(H2,14,17). The third kappa shape index (κ3) is 4.44. The van der Waals surface area contributed by atoms with Crippen LogP contribution < -0.4 is 5.73 Å². The van der Waals surface area contributed by atoms with E-state index in [2.05, 4.69) is 20.9 Å². The summed E-state index contributed by atoms with van der Waals surface area (Å²) in [6, 6.07) is 3.35.